The molecule has 0 spiro atoms. The van der Waals surface area contributed by atoms with E-state index < -0.39 is 0 Å². The van der Waals surface area contributed by atoms with Crippen LogP contribution in [0, 0.1) is 0 Å². The summed E-state index contributed by atoms with van der Waals surface area (Å²) < 4.78 is 5.47. The van der Waals surface area contributed by atoms with Crippen LogP contribution in [-0.2, 0) is 4.79 Å². The van der Waals surface area contributed by atoms with Gasteiger partial charge in [0.2, 0.25) is 0 Å². The van der Waals surface area contributed by atoms with E-state index in [9.17, 15) is 4.79 Å². The average molecular weight is 209 g/mol. The van der Waals surface area contributed by atoms with E-state index in [1.165, 1.54) is 0 Å². The molecule has 14 heavy (non-hydrogen) atoms. The molecule has 0 atom stereocenters. The Kier molecular flexibility index (Phi) is 2.55. The lowest BCUT2D eigenvalue weighted by molar-refractivity contribution is -0.105. The van der Waals surface area contributed by atoms with Crippen molar-refractivity contribution in [2.75, 3.05) is 6.61 Å². The maximum atomic E-state index is 10.7. The lowest BCUT2D eigenvalue weighted by atomic mass is 10.1. The second-order valence-corrected chi connectivity index (χ2v) is 3.43. The highest BCUT2D eigenvalue weighted by molar-refractivity contribution is 6.50. The number of rotatable bonds is 1. The van der Waals surface area contributed by atoms with Crippen LogP contribution < -0.4 is 4.74 Å². The summed E-state index contributed by atoms with van der Waals surface area (Å²) in [6, 6.07) is 7.46. The van der Waals surface area contributed by atoms with Gasteiger partial charge in [0, 0.05) is 17.6 Å². The normalized spacial score (nSPS) is 15.5. The molecule has 1 aromatic carbocycles. The Morgan fingerprint density at radius 3 is 2.93 bits per heavy atom. The zero-order valence-corrected chi connectivity index (χ0v) is 8.25. The number of benzene rings is 1. The maximum Gasteiger partial charge on any atom is 0.147 e. The number of hydrogen-bond donors (Lipinski definition) is 0. The van der Waals surface area contributed by atoms with E-state index in [0.717, 1.165) is 17.6 Å². The fourth-order valence-electron chi connectivity index (χ4n) is 1.44. The van der Waals surface area contributed by atoms with Gasteiger partial charge in [0.1, 0.15) is 12.0 Å². The van der Waals surface area contributed by atoms with E-state index in [-0.39, 0.29) is 0 Å². The minimum absolute atomic E-state index is 0.501. The van der Waals surface area contributed by atoms with Gasteiger partial charge in [-0.15, -0.1) is 0 Å². The van der Waals surface area contributed by atoms with Crippen molar-refractivity contribution in [2.24, 2.45) is 0 Å². The molecule has 72 valence electrons. The first-order valence-electron chi connectivity index (χ1n) is 4.39. The fraction of sp³-hybridized carbons (Fsp3) is 0.182. The van der Waals surface area contributed by atoms with Gasteiger partial charge in [-0.2, -0.15) is 0 Å². The van der Waals surface area contributed by atoms with Crippen molar-refractivity contribution in [3.05, 3.63) is 35.4 Å². The Morgan fingerprint density at radius 1 is 1.36 bits per heavy atom. The molecule has 0 aliphatic carbocycles. The van der Waals surface area contributed by atoms with Gasteiger partial charge >= 0.3 is 0 Å². The summed E-state index contributed by atoms with van der Waals surface area (Å²) in [5.74, 6) is 0.745. The molecule has 1 aromatic rings. The Hall–Kier alpha value is -1.28. The molecule has 3 heteroatoms. The van der Waals surface area contributed by atoms with E-state index in [4.69, 9.17) is 16.3 Å². The summed E-state index contributed by atoms with van der Waals surface area (Å²) in [6.45, 7) is 0.501. The van der Waals surface area contributed by atoms with Crippen LogP contribution in [0.3, 0.4) is 0 Å². The first-order chi connectivity index (χ1) is 6.83. The van der Waals surface area contributed by atoms with Crippen molar-refractivity contribution in [3.63, 3.8) is 0 Å². The van der Waals surface area contributed by atoms with Gasteiger partial charge in [0.05, 0.1) is 11.6 Å². The Balaban J connectivity index is 2.57. The summed E-state index contributed by atoms with van der Waals surface area (Å²) in [4.78, 5) is 10.7. The zero-order valence-electron chi connectivity index (χ0n) is 7.50. The summed E-state index contributed by atoms with van der Waals surface area (Å²) in [5.41, 5.74) is 1.41. The number of carbonyl (C=O) groups is 1. The first-order valence-corrected chi connectivity index (χ1v) is 4.77. The third kappa shape index (κ3) is 1.53. The van der Waals surface area contributed by atoms with Crippen molar-refractivity contribution < 1.29 is 9.53 Å². The van der Waals surface area contributed by atoms with Crippen LogP contribution in [0.5, 0.6) is 5.75 Å². The minimum Gasteiger partial charge on any atom is -0.493 e. The molecule has 2 nitrogen and oxygen atoms in total. The molecule has 0 fully saturated rings. The van der Waals surface area contributed by atoms with Gasteiger partial charge in [-0.25, -0.2) is 0 Å². The SMILES string of the molecule is O=CC1=C(Cl)c2ccccc2OCC1. The minimum atomic E-state index is 0.501. The third-order valence-corrected chi connectivity index (χ3v) is 2.62. The third-order valence-electron chi connectivity index (χ3n) is 2.18. The molecule has 0 bridgehead atoms. The van der Waals surface area contributed by atoms with Crippen LogP contribution >= 0.6 is 11.6 Å². The molecule has 0 amide bonds. The second-order valence-electron chi connectivity index (χ2n) is 3.05. The molecular weight excluding hydrogens is 200 g/mol. The van der Waals surface area contributed by atoms with Crippen LogP contribution in [0.15, 0.2) is 29.8 Å². The highest BCUT2D eigenvalue weighted by atomic mass is 35.5. The van der Waals surface area contributed by atoms with Crippen LogP contribution in [0.25, 0.3) is 5.03 Å². The topological polar surface area (TPSA) is 26.3 Å². The molecule has 1 heterocycles. The Bertz CT molecular complexity index is 396. The van der Waals surface area contributed by atoms with E-state index in [0.29, 0.717) is 23.6 Å². The molecule has 0 aromatic heterocycles. The van der Waals surface area contributed by atoms with Crippen LogP contribution in [-0.4, -0.2) is 12.9 Å². The highest BCUT2D eigenvalue weighted by Gasteiger charge is 2.15. The lowest BCUT2D eigenvalue weighted by Crippen LogP contribution is -1.96. The molecular formula is C11H9ClO2. The molecule has 0 saturated carbocycles. The Morgan fingerprint density at radius 2 is 2.14 bits per heavy atom. The van der Waals surface area contributed by atoms with E-state index in [1.807, 2.05) is 24.3 Å². The van der Waals surface area contributed by atoms with E-state index >= 15 is 0 Å². The van der Waals surface area contributed by atoms with Crippen molar-refractivity contribution in [2.45, 2.75) is 6.42 Å². The van der Waals surface area contributed by atoms with E-state index in [2.05, 4.69) is 0 Å². The van der Waals surface area contributed by atoms with E-state index in [1.54, 1.807) is 0 Å². The number of hydrogen-bond acceptors (Lipinski definition) is 2. The van der Waals surface area contributed by atoms with Gasteiger partial charge in [0.25, 0.3) is 0 Å². The van der Waals surface area contributed by atoms with Crippen molar-refractivity contribution in [1.82, 2.24) is 0 Å². The summed E-state index contributed by atoms with van der Waals surface area (Å²) in [5, 5.41) is 0.508. The highest BCUT2D eigenvalue weighted by Crippen LogP contribution is 2.33. The van der Waals surface area contributed by atoms with Gasteiger partial charge in [-0.05, 0) is 12.1 Å². The van der Waals surface area contributed by atoms with Gasteiger partial charge in [-0.3, -0.25) is 4.79 Å². The quantitative estimate of drug-likeness (QED) is 0.664. The number of fused-ring (bicyclic) bond motifs is 1. The van der Waals surface area contributed by atoms with Gasteiger partial charge < -0.3 is 4.74 Å². The predicted molar refractivity (Wildman–Crippen MR) is 55.4 cm³/mol. The maximum absolute atomic E-state index is 10.7. The lowest BCUT2D eigenvalue weighted by Gasteiger charge is -2.05. The predicted octanol–water partition coefficient (Wildman–Crippen LogP) is 2.62. The average Bonchev–Trinajstić information content (AvgIpc) is 2.39. The molecule has 0 radical (unpaired) electrons. The summed E-state index contributed by atoms with van der Waals surface area (Å²) >= 11 is 6.09. The number of carbonyl (C=O) groups excluding carboxylic acids is 1. The molecule has 1 aliphatic rings. The molecule has 0 saturated heterocycles. The van der Waals surface area contributed by atoms with Gasteiger partial charge in [-0.1, -0.05) is 23.7 Å². The molecule has 0 N–H and O–H groups in total. The zero-order chi connectivity index (χ0) is 9.97. The number of para-hydroxylation sites is 1. The summed E-state index contributed by atoms with van der Waals surface area (Å²) in [7, 11) is 0. The second kappa shape index (κ2) is 3.84. The van der Waals surface area contributed by atoms with Crippen molar-refractivity contribution in [1.29, 1.82) is 0 Å². The molecule has 2 rings (SSSR count). The largest absolute Gasteiger partial charge is 0.493 e. The number of aldehydes is 1. The first kappa shape index (κ1) is 9.28. The smallest absolute Gasteiger partial charge is 0.147 e. The molecule has 0 unspecified atom stereocenters. The molecule has 1 aliphatic heterocycles. The van der Waals surface area contributed by atoms with Crippen molar-refractivity contribution in [3.8, 4) is 5.75 Å². The van der Waals surface area contributed by atoms with Crippen LogP contribution in [0.1, 0.15) is 12.0 Å². The van der Waals surface area contributed by atoms with Crippen LogP contribution in [0.4, 0.5) is 0 Å². The Labute approximate surface area is 87.1 Å². The van der Waals surface area contributed by atoms with Gasteiger partial charge in [0.15, 0.2) is 0 Å². The standard InChI is InChI=1S/C11H9ClO2/c12-11-8(7-13)5-6-14-10-4-2-1-3-9(10)11/h1-4,7H,5-6H2. The number of halogens is 1. The summed E-state index contributed by atoms with van der Waals surface area (Å²) in [6.07, 6.45) is 1.37. The number of ether oxygens (including phenoxy) is 1. The van der Waals surface area contributed by atoms with Crippen LogP contribution in [0.2, 0.25) is 0 Å². The van der Waals surface area contributed by atoms with Crippen molar-refractivity contribution >= 4 is 22.9 Å². The fourth-order valence-corrected chi connectivity index (χ4v) is 1.73. The monoisotopic (exact) mass is 208 g/mol.